The van der Waals surface area contributed by atoms with Gasteiger partial charge in [-0.15, -0.1) is 0 Å². The zero-order chi connectivity index (χ0) is 22.3. The Labute approximate surface area is 174 Å². The van der Waals surface area contributed by atoms with E-state index < -0.39 is 24.0 Å². The largest absolute Gasteiger partial charge is 0.462 e. The van der Waals surface area contributed by atoms with Gasteiger partial charge in [0.25, 0.3) is 0 Å². The summed E-state index contributed by atoms with van der Waals surface area (Å²) >= 11 is 0. The minimum Gasteiger partial charge on any atom is -0.462 e. The topological polar surface area (TPSA) is 118 Å². The summed E-state index contributed by atoms with van der Waals surface area (Å²) in [5.74, 6) is -2.09. The van der Waals surface area contributed by atoms with E-state index in [4.69, 9.17) is 9.47 Å². The van der Waals surface area contributed by atoms with E-state index in [0.717, 1.165) is 0 Å². The number of H-pyrrole nitrogens is 1. The number of aliphatic hydroxyl groups excluding tert-OH is 1. The van der Waals surface area contributed by atoms with Gasteiger partial charge in [0.05, 0.1) is 47.3 Å². The molecule has 2 aliphatic rings. The van der Waals surface area contributed by atoms with Crippen molar-refractivity contribution in [3.63, 3.8) is 0 Å². The molecule has 0 bridgehead atoms. The number of allylic oxidation sites excluding steroid dienone is 1. The number of aromatic nitrogens is 1. The number of carbonyl (C=O) groups excluding carboxylic acids is 3. The van der Waals surface area contributed by atoms with Crippen molar-refractivity contribution in [3.05, 3.63) is 44.9 Å². The Morgan fingerprint density at radius 2 is 1.67 bits per heavy atom. The molecule has 1 aliphatic heterocycles. The average Bonchev–Trinajstić information content (AvgIpc) is 3.11. The SMILES string of the molecule is CCOC(=O)C1=C(C)/C(=C2/C(=O)C(c3[nH]c(C)c(C(=O)OCC)c3C)C2O)N=C1C. The van der Waals surface area contributed by atoms with Crippen molar-refractivity contribution in [2.45, 2.75) is 53.6 Å². The van der Waals surface area contributed by atoms with Crippen LogP contribution in [-0.2, 0) is 19.1 Å². The fraction of sp³-hybridized carbons (Fsp3) is 0.455. The molecule has 2 atom stereocenters. The molecule has 2 N–H and O–H groups in total. The van der Waals surface area contributed by atoms with Crippen molar-refractivity contribution < 1.29 is 29.0 Å². The lowest BCUT2D eigenvalue weighted by atomic mass is 9.71. The summed E-state index contributed by atoms with van der Waals surface area (Å²) in [5.41, 5.74) is 3.80. The van der Waals surface area contributed by atoms with E-state index in [-0.39, 0.29) is 24.6 Å². The molecule has 0 aromatic carbocycles. The second kappa shape index (κ2) is 8.02. The van der Waals surface area contributed by atoms with Gasteiger partial charge in [0.15, 0.2) is 5.78 Å². The van der Waals surface area contributed by atoms with Crippen molar-refractivity contribution in [2.75, 3.05) is 13.2 Å². The Kier molecular flexibility index (Phi) is 5.81. The maximum absolute atomic E-state index is 13.0. The zero-order valence-electron chi connectivity index (χ0n) is 18.0. The number of ketones is 1. The van der Waals surface area contributed by atoms with Gasteiger partial charge in [0, 0.05) is 11.4 Å². The van der Waals surface area contributed by atoms with Crippen LogP contribution < -0.4 is 0 Å². The molecule has 2 heterocycles. The van der Waals surface area contributed by atoms with E-state index in [9.17, 15) is 19.5 Å². The summed E-state index contributed by atoms with van der Waals surface area (Å²) in [6.07, 6.45) is -1.10. The third-order valence-corrected chi connectivity index (χ3v) is 5.53. The highest BCUT2D eigenvalue weighted by Crippen LogP contribution is 2.44. The maximum atomic E-state index is 13.0. The highest BCUT2D eigenvalue weighted by molar-refractivity contribution is 6.23. The van der Waals surface area contributed by atoms with E-state index in [0.29, 0.717) is 45.1 Å². The Hall–Kier alpha value is -3.00. The normalized spacial score (nSPS) is 23.4. The van der Waals surface area contributed by atoms with E-state index in [2.05, 4.69) is 9.98 Å². The van der Waals surface area contributed by atoms with Crippen LogP contribution in [-0.4, -0.2) is 52.8 Å². The minimum absolute atomic E-state index is 0.167. The number of rotatable bonds is 5. The molecule has 1 saturated carbocycles. The molecule has 1 aromatic rings. The minimum atomic E-state index is -1.10. The molecule has 0 amide bonds. The zero-order valence-corrected chi connectivity index (χ0v) is 18.0. The molecule has 1 fully saturated rings. The van der Waals surface area contributed by atoms with Gasteiger partial charge in [-0.2, -0.15) is 0 Å². The first kappa shape index (κ1) is 21.7. The number of aromatic amines is 1. The van der Waals surface area contributed by atoms with E-state index in [1.54, 1.807) is 41.5 Å². The van der Waals surface area contributed by atoms with Crippen LogP contribution in [0.15, 0.2) is 27.4 Å². The van der Waals surface area contributed by atoms with Crippen LogP contribution in [0.4, 0.5) is 0 Å². The van der Waals surface area contributed by atoms with E-state index >= 15 is 0 Å². The van der Waals surface area contributed by atoms with Gasteiger partial charge in [-0.05, 0) is 52.7 Å². The summed E-state index contributed by atoms with van der Waals surface area (Å²) in [6.45, 7) is 10.7. The van der Waals surface area contributed by atoms with Gasteiger partial charge in [0.1, 0.15) is 6.10 Å². The van der Waals surface area contributed by atoms with Crippen LogP contribution in [0.1, 0.15) is 60.9 Å². The molecule has 8 nitrogen and oxygen atoms in total. The first-order valence-corrected chi connectivity index (χ1v) is 9.92. The summed E-state index contributed by atoms with van der Waals surface area (Å²) in [6, 6.07) is 0. The van der Waals surface area contributed by atoms with Crippen molar-refractivity contribution in [1.29, 1.82) is 0 Å². The van der Waals surface area contributed by atoms with Crippen LogP contribution >= 0.6 is 0 Å². The monoisotopic (exact) mass is 414 g/mol. The molecular formula is C22H26N2O6. The highest BCUT2D eigenvalue weighted by Gasteiger charge is 2.50. The van der Waals surface area contributed by atoms with Gasteiger partial charge < -0.3 is 19.6 Å². The first-order valence-electron chi connectivity index (χ1n) is 9.92. The number of nitrogens with zero attached hydrogens (tertiary/aromatic N) is 1. The smallest absolute Gasteiger partial charge is 0.340 e. The average molecular weight is 414 g/mol. The number of aliphatic hydroxyl groups is 1. The van der Waals surface area contributed by atoms with Crippen LogP contribution in [0, 0.1) is 13.8 Å². The van der Waals surface area contributed by atoms with Gasteiger partial charge in [0.2, 0.25) is 0 Å². The number of hydrogen-bond acceptors (Lipinski definition) is 7. The maximum Gasteiger partial charge on any atom is 0.340 e. The molecular weight excluding hydrogens is 388 g/mol. The molecule has 2 unspecified atom stereocenters. The van der Waals surface area contributed by atoms with Crippen LogP contribution in [0.3, 0.4) is 0 Å². The Bertz CT molecular complexity index is 1040. The number of aryl methyl sites for hydroxylation is 1. The molecule has 30 heavy (non-hydrogen) atoms. The number of carbonyl (C=O) groups is 3. The highest BCUT2D eigenvalue weighted by atomic mass is 16.5. The Balaban J connectivity index is 1.98. The van der Waals surface area contributed by atoms with Gasteiger partial charge in [-0.1, -0.05) is 0 Å². The Morgan fingerprint density at radius 3 is 2.23 bits per heavy atom. The summed E-state index contributed by atoms with van der Waals surface area (Å²) in [7, 11) is 0. The number of ether oxygens (including phenoxy) is 2. The van der Waals surface area contributed by atoms with Crippen LogP contribution in [0.5, 0.6) is 0 Å². The molecule has 8 heteroatoms. The lowest BCUT2D eigenvalue weighted by Crippen LogP contribution is -2.44. The summed E-state index contributed by atoms with van der Waals surface area (Å²) in [5, 5.41) is 10.8. The van der Waals surface area contributed by atoms with Gasteiger partial charge in [-0.25, -0.2) is 9.59 Å². The van der Waals surface area contributed by atoms with E-state index in [1.807, 2.05) is 0 Å². The van der Waals surface area contributed by atoms with Gasteiger partial charge in [-0.3, -0.25) is 9.79 Å². The molecule has 0 saturated heterocycles. The standard InChI is InChI=1S/C22H26N2O6/c1-7-29-21(27)13-9(3)17(23-11(13)5)15-19(25)16(20(15)26)18-10(4)14(12(6)24-18)22(28)30-8-2/h15,19,23,25H,7-8H2,1-6H3/b18-16-. The molecule has 3 rings (SSSR count). The predicted molar refractivity (Wildman–Crippen MR) is 109 cm³/mol. The molecule has 1 aliphatic carbocycles. The lowest BCUT2D eigenvalue weighted by molar-refractivity contribution is -0.138. The summed E-state index contributed by atoms with van der Waals surface area (Å²) < 4.78 is 10.2. The molecule has 160 valence electrons. The summed E-state index contributed by atoms with van der Waals surface area (Å²) in [4.78, 5) is 44.9. The lowest BCUT2D eigenvalue weighted by Gasteiger charge is -2.35. The van der Waals surface area contributed by atoms with Crippen LogP contribution in [0.25, 0.3) is 0 Å². The van der Waals surface area contributed by atoms with Crippen molar-refractivity contribution in [3.8, 4) is 0 Å². The van der Waals surface area contributed by atoms with Crippen molar-refractivity contribution in [1.82, 2.24) is 4.98 Å². The predicted octanol–water partition coefficient (Wildman–Crippen LogP) is 2.44. The van der Waals surface area contributed by atoms with Crippen molar-refractivity contribution in [2.24, 2.45) is 4.99 Å². The Morgan fingerprint density at radius 1 is 1.07 bits per heavy atom. The third-order valence-electron chi connectivity index (χ3n) is 5.53. The van der Waals surface area contributed by atoms with Gasteiger partial charge >= 0.3 is 11.9 Å². The van der Waals surface area contributed by atoms with Crippen LogP contribution in [0.2, 0.25) is 0 Å². The fourth-order valence-electron chi connectivity index (χ4n) is 4.13. The fourth-order valence-corrected chi connectivity index (χ4v) is 4.13. The number of hydrogen-bond donors (Lipinski definition) is 2. The quantitative estimate of drug-likeness (QED) is 0.564. The van der Waals surface area contributed by atoms with Crippen molar-refractivity contribution >= 4 is 23.4 Å². The second-order valence-electron chi connectivity index (χ2n) is 7.35. The number of Topliss-reactive ketones (excluding diaryl/α,β-unsaturated/α-hetero) is 1. The number of esters is 2. The van der Waals surface area contributed by atoms with E-state index in [1.165, 1.54) is 0 Å². The third kappa shape index (κ3) is 3.21. The number of nitrogens with one attached hydrogen (secondary N) is 1. The number of aliphatic imine (C=N–C) groups is 1. The molecule has 0 radical (unpaired) electrons. The molecule has 1 aromatic heterocycles. The first-order chi connectivity index (χ1) is 14.1. The molecule has 0 spiro atoms. The second-order valence-corrected chi connectivity index (χ2v) is 7.35.